The van der Waals surface area contributed by atoms with E-state index >= 15 is 0 Å². The van der Waals surface area contributed by atoms with Gasteiger partial charge in [-0.1, -0.05) is 6.92 Å². The second-order valence-corrected chi connectivity index (χ2v) is 7.09. The third-order valence-electron chi connectivity index (χ3n) is 3.56. The fourth-order valence-electron chi connectivity index (χ4n) is 2.47. The van der Waals surface area contributed by atoms with Gasteiger partial charge in [-0.3, -0.25) is 4.68 Å². The molecule has 9 heteroatoms. The molecular weight excluding hydrogens is 292 g/mol. The first-order valence-corrected chi connectivity index (χ1v) is 8.75. The zero-order valence-corrected chi connectivity index (χ0v) is 13.4. The van der Waals surface area contributed by atoms with Crippen LogP contribution in [0.1, 0.15) is 25.6 Å². The van der Waals surface area contributed by atoms with Crippen molar-refractivity contribution in [2.45, 2.75) is 26.3 Å². The molecule has 0 radical (unpaired) electrons. The number of piperidine rings is 1. The van der Waals surface area contributed by atoms with E-state index < -0.39 is 10.2 Å². The summed E-state index contributed by atoms with van der Waals surface area (Å²) in [6, 6.07) is 0. The fourth-order valence-corrected chi connectivity index (χ4v) is 3.74. The Bertz CT molecular complexity index is 544. The van der Waals surface area contributed by atoms with Gasteiger partial charge in [0.25, 0.3) is 10.2 Å². The summed E-state index contributed by atoms with van der Waals surface area (Å²) < 4.78 is 30.3. The third kappa shape index (κ3) is 4.73. The van der Waals surface area contributed by atoms with Crippen LogP contribution >= 0.6 is 0 Å². The van der Waals surface area contributed by atoms with Crippen molar-refractivity contribution in [2.75, 3.05) is 26.2 Å². The van der Waals surface area contributed by atoms with Crippen LogP contribution in [0.15, 0.2) is 6.33 Å². The molecule has 0 aliphatic carbocycles. The van der Waals surface area contributed by atoms with Crippen molar-refractivity contribution >= 4 is 10.2 Å². The molecule has 1 fully saturated rings. The molecule has 0 spiro atoms. The highest BCUT2D eigenvalue weighted by Gasteiger charge is 2.28. The molecule has 0 amide bonds. The second kappa shape index (κ2) is 7.30. The van der Waals surface area contributed by atoms with E-state index in [1.807, 2.05) is 0 Å². The number of hydrogen-bond acceptors (Lipinski definition) is 5. The Balaban J connectivity index is 1.89. The minimum atomic E-state index is -3.46. The average Bonchev–Trinajstić information content (AvgIpc) is 2.89. The number of nitrogens with zero attached hydrogens (tertiary/aromatic N) is 4. The highest BCUT2D eigenvalue weighted by Crippen LogP contribution is 2.18. The second-order valence-electron chi connectivity index (χ2n) is 5.33. The average molecular weight is 316 g/mol. The topological polar surface area (TPSA) is 92.2 Å². The van der Waals surface area contributed by atoms with Crippen LogP contribution in [-0.4, -0.2) is 53.7 Å². The molecule has 1 unspecified atom stereocenters. The maximum atomic E-state index is 12.3. The maximum Gasteiger partial charge on any atom is 0.279 e. The highest BCUT2D eigenvalue weighted by atomic mass is 32.2. The molecule has 1 aliphatic rings. The van der Waals surface area contributed by atoms with Gasteiger partial charge in [0.05, 0.1) is 6.54 Å². The van der Waals surface area contributed by atoms with Crippen LogP contribution in [0.25, 0.3) is 0 Å². The van der Waals surface area contributed by atoms with Crippen molar-refractivity contribution in [2.24, 2.45) is 13.0 Å². The molecule has 21 heavy (non-hydrogen) atoms. The first-order chi connectivity index (χ1) is 10.0. The number of nitrogens with one attached hydrogen (secondary N) is 2. The Morgan fingerprint density at radius 2 is 2.29 bits per heavy atom. The third-order valence-corrected chi connectivity index (χ3v) is 5.08. The predicted octanol–water partition coefficient (Wildman–Crippen LogP) is -0.529. The summed E-state index contributed by atoms with van der Waals surface area (Å²) in [5, 5.41) is 7.35. The normalized spacial score (nSPS) is 20.8. The van der Waals surface area contributed by atoms with Gasteiger partial charge in [0.15, 0.2) is 5.82 Å². The lowest BCUT2D eigenvalue weighted by atomic mass is 10.00. The van der Waals surface area contributed by atoms with Crippen LogP contribution in [0.4, 0.5) is 0 Å². The van der Waals surface area contributed by atoms with Gasteiger partial charge < -0.3 is 5.32 Å². The van der Waals surface area contributed by atoms with Gasteiger partial charge in [-0.25, -0.2) is 4.98 Å². The minimum Gasteiger partial charge on any atom is -0.317 e. The summed E-state index contributed by atoms with van der Waals surface area (Å²) in [6.45, 7) is 5.10. The van der Waals surface area contributed by atoms with E-state index in [0.29, 0.717) is 24.8 Å². The summed E-state index contributed by atoms with van der Waals surface area (Å²) in [5.41, 5.74) is 0. The van der Waals surface area contributed by atoms with Gasteiger partial charge >= 0.3 is 0 Å². The van der Waals surface area contributed by atoms with Gasteiger partial charge in [-0.2, -0.15) is 22.5 Å². The molecule has 8 nitrogen and oxygen atoms in total. The fraction of sp³-hybridized carbons (Fsp3) is 0.833. The van der Waals surface area contributed by atoms with E-state index in [4.69, 9.17) is 0 Å². The molecule has 0 saturated carbocycles. The summed E-state index contributed by atoms with van der Waals surface area (Å²) in [5.74, 6) is 0.852. The number of rotatable bonds is 7. The van der Waals surface area contributed by atoms with Gasteiger partial charge in [0.1, 0.15) is 6.33 Å². The highest BCUT2D eigenvalue weighted by molar-refractivity contribution is 7.87. The predicted molar refractivity (Wildman–Crippen MR) is 79.6 cm³/mol. The van der Waals surface area contributed by atoms with Crippen molar-refractivity contribution in [1.82, 2.24) is 29.1 Å². The molecule has 1 atom stereocenters. The Hall–Kier alpha value is -1.03. The summed E-state index contributed by atoms with van der Waals surface area (Å²) in [7, 11) is -1.71. The summed E-state index contributed by atoms with van der Waals surface area (Å²) in [6.07, 6.45) is 3.52. The lowest BCUT2D eigenvalue weighted by Crippen LogP contribution is -2.47. The van der Waals surface area contributed by atoms with Gasteiger partial charge in [0.2, 0.25) is 0 Å². The first kappa shape index (κ1) is 16.3. The smallest absolute Gasteiger partial charge is 0.279 e. The summed E-state index contributed by atoms with van der Waals surface area (Å²) >= 11 is 0. The summed E-state index contributed by atoms with van der Waals surface area (Å²) in [4.78, 5) is 4.02. The van der Waals surface area contributed by atoms with Crippen LogP contribution in [0.5, 0.6) is 0 Å². The van der Waals surface area contributed by atoms with Crippen molar-refractivity contribution in [3.63, 3.8) is 0 Å². The van der Waals surface area contributed by atoms with Crippen LogP contribution in [-0.2, 0) is 23.8 Å². The largest absolute Gasteiger partial charge is 0.317 e. The molecule has 1 aliphatic heterocycles. The van der Waals surface area contributed by atoms with Gasteiger partial charge in [-0.05, 0) is 31.8 Å². The Labute approximate surface area is 126 Å². The Kier molecular flexibility index (Phi) is 5.68. The molecule has 2 N–H and O–H groups in total. The SMILES string of the molecule is CCNCC1CCCN(S(=O)(=O)NCc2ncn(C)n2)C1. The Morgan fingerprint density at radius 3 is 2.95 bits per heavy atom. The molecule has 2 heterocycles. The quantitative estimate of drug-likeness (QED) is 0.705. The lowest BCUT2D eigenvalue weighted by molar-refractivity contribution is 0.258. The van der Waals surface area contributed by atoms with Gasteiger partial charge in [0, 0.05) is 20.1 Å². The Morgan fingerprint density at radius 1 is 1.48 bits per heavy atom. The molecular formula is C12H24N6O2S. The molecule has 120 valence electrons. The van der Waals surface area contributed by atoms with Crippen LogP contribution in [0.2, 0.25) is 0 Å². The van der Waals surface area contributed by atoms with E-state index in [1.54, 1.807) is 18.1 Å². The van der Waals surface area contributed by atoms with E-state index in [-0.39, 0.29) is 6.54 Å². The van der Waals surface area contributed by atoms with Gasteiger partial charge in [-0.15, -0.1) is 0 Å². The molecule has 0 aromatic carbocycles. The van der Waals surface area contributed by atoms with Crippen molar-refractivity contribution in [3.8, 4) is 0 Å². The van der Waals surface area contributed by atoms with E-state index in [2.05, 4.69) is 27.0 Å². The molecule has 2 rings (SSSR count). The van der Waals surface area contributed by atoms with Crippen molar-refractivity contribution in [3.05, 3.63) is 12.2 Å². The van der Waals surface area contributed by atoms with Crippen LogP contribution in [0, 0.1) is 5.92 Å². The minimum absolute atomic E-state index is 0.123. The maximum absolute atomic E-state index is 12.3. The molecule has 1 aromatic heterocycles. The molecule has 0 bridgehead atoms. The van der Waals surface area contributed by atoms with E-state index in [1.165, 1.54) is 4.31 Å². The number of aromatic nitrogens is 3. The lowest BCUT2D eigenvalue weighted by Gasteiger charge is -2.31. The van der Waals surface area contributed by atoms with E-state index in [9.17, 15) is 8.42 Å². The first-order valence-electron chi connectivity index (χ1n) is 7.31. The molecule has 1 saturated heterocycles. The monoisotopic (exact) mass is 316 g/mol. The van der Waals surface area contributed by atoms with Crippen LogP contribution < -0.4 is 10.0 Å². The zero-order chi connectivity index (χ0) is 15.3. The van der Waals surface area contributed by atoms with Crippen molar-refractivity contribution in [1.29, 1.82) is 0 Å². The van der Waals surface area contributed by atoms with Crippen molar-refractivity contribution < 1.29 is 8.42 Å². The standard InChI is InChI=1S/C12H24N6O2S/c1-3-13-7-11-5-4-6-18(9-11)21(19,20)15-8-12-14-10-17(2)16-12/h10-11,13,15H,3-9H2,1-2H3. The number of aryl methyl sites for hydroxylation is 1. The zero-order valence-electron chi connectivity index (χ0n) is 12.6. The van der Waals surface area contributed by atoms with E-state index in [0.717, 1.165) is 25.9 Å². The number of hydrogen-bond donors (Lipinski definition) is 2. The van der Waals surface area contributed by atoms with Crippen LogP contribution in [0.3, 0.4) is 0 Å². The molecule has 1 aromatic rings.